The number of nitrogens with one attached hydrogen (secondary N) is 2. The highest BCUT2D eigenvalue weighted by molar-refractivity contribution is 5.89. The Bertz CT molecular complexity index is 319. The summed E-state index contributed by atoms with van der Waals surface area (Å²) in [6.45, 7) is 3.69. The summed E-state index contributed by atoms with van der Waals surface area (Å²) in [6.07, 6.45) is 2.34. The predicted octanol–water partition coefficient (Wildman–Crippen LogP) is -0.279. The predicted molar refractivity (Wildman–Crippen MR) is 64.4 cm³/mol. The molecule has 5 nitrogen and oxygen atoms in total. The molecule has 2 heterocycles. The molecule has 2 fully saturated rings. The number of hydrogen-bond acceptors (Lipinski definition) is 3. The summed E-state index contributed by atoms with van der Waals surface area (Å²) in [5.41, 5.74) is 0. The average Bonchev–Trinajstić information content (AvgIpc) is 2.70. The standard InChI is InChI=1S/C12H21N3O2/c1-8-5-10(3-4-15(8)2)14-12(17)9-6-11(16)13-7-9/h8-10H,3-7H2,1-2H3,(H,13,16)(H,14,17). The first kappa shape index (κ1) is 12.4. The second-order valence-corrected chi connectivity index (χ2v) is 5.26. The third kappa shape index (κ3) is 2.97. The van der Waals surface area contributed by atoms with E-state index in [1.807, 2.05) is 0 Å². The van der Waals surface area contributed by atoms with E-state index in [0.717, 1.165) is 19.4 Å². The molecule has 2 N–H and O–H groups in total. The Morgan fingerprint density at radius 1 is 1.53 bits per heavy atom. The Kier molecular flexibility index (Phi) is 3.66. The lowest BCUT2D eigenvalue weighted by molar-refractivity contribution is -0.127. The number of piperidine rings is 1. The zero-order valence-electron chi connectivity index (χ0n) is 10.5. The van der Waals surface area contributed by atoms with E-state index in [1.165, 1.54) is 0 Å². The first-order chi connectivity index (χ1) is 8.06. The molecule has 3 atom stereocenters. The fraction of sp³-hybridized carbons (Fsp3) is 0.833. The van der Waals surface area contributed by atoms with Crippen LogP contribution in [-0.2, 0) is 9.59 Å². The van der Waals surface area contributed by atoms with E-state index in [2.05, 4.69) is 29.5 Å². The Morgan fingerprint density at radius 2 is 2.29 bits per heavy atom. The van der Waals surface area contributed by atoms with Gasteiger partial charge in [-0.05, 0) is 26.8 Å². The van der Waals surface area contributed by atoms with Crippen LogP contribution in [0.5, 0.6) is 0 Å². The van der Waals surface area contributed by atoms with Crippen molar-refractivity contribution in [2.24, 2.45) is 5.92 Å². The molecular weight excluding hydrogens is 218 g/mol. The van der Waals surface area contributed by atoms with Gasteiger partial charge in [-0.1, -0.05) is 0 Å². The van der Waals surface area contributed by atoms with E-state index in [-0.39, 0.29) is 23.8 Å². The maximum atomic E-state index is 11.9. The summed E-state index contributed by atoms with van der Waals surface area (Å²) in [4.78, 5) is 25.3. The zero-order chi connectivity index (χ0) is 12.4. The van der Waals surface area contributed by atoms with E-state index in [1.54, 1.807) is 0 Å². The van der Waals surface area contributed by atoms with Crippen molar-refractivity contribution in [3.05, 3.63) is 0 Å². The fourth-order valence-corrected chi connectivity index (χ4v) is 2.53. The lowest BCUT2D eigenvalue weighted by Gasteiger charge is -2.35. The van der Waals surface area contributed by atoms with Crippen molar-refractivity contribution in [2.75, 3.05) is 20.1 Å². The topological polar surface area (TPSA) is 61.4 Å². The van der Waals surface area contributed by atoms with Gasteiger partial charge >= 0.3 is 0 Å². The van der Waals surface area contributed by atoms with Gasteiger partial charge in [-0.25, -0.2) is 0 Å². The molecule has 2 amide bonds. The van der Waals surface area contributed by atoms with Gasteiger partial charge in [-0.3, -0.25) is 9.59 Å². The molecule has 0 bridgehead atoms. The zero-order valence-corrected chi connectivity index (χ0v) is 10.5. The third-order valence-corrected chi connectivity index (χ3v) is 3.90. The number of rotatable bonds is 2. The summed E-state index contributed by atoms with van der Waals surface area (Å²) < 4.78 is 0. The second kappa shape index (κ2) is 5.04. The maximum Gasteiger partial charge on any atom is 0.225 e. The van der Waals surface area contributed by atoms with Crippen molar-refractivity contribution < 1.29 is 9.59 Å². The first-order valence-corrected chi connectivity index (χ1v) is 6.33. The van der Waals surface area contributed by atoms with E-state index in [4.69, 9.17) is 0 Å². The van der Waals surface area contributed by atoms with E-state index in [0.29, 0.717) is 19.0 Å². The van der Waals surface area contributed by atoms with Crippen molar-refractivity contribution in [2.45, 2.75) is 38.3 Å². The van der Waals surface area contributed by atoms with Gasteiger partial charge in [0.25, 0.3) is 0 Å². The van der Waals surface area contributed by atoms with Crippen LogP contribution in [0.4, 0.5) is 0 Å². The monoisotopic (exact) mass is 239 g/mol. The van der Waals surface area contributed by atoms with Gasteiger partial charge in [0.1, 0.15) is 0 Å². The van der Waals surface area contributed by atoms with Gasteiger partial charge in [0, 0.05) is 31.6 Å². The van der Waals surface area contributed by atoms with Gasteiger partial charge in [-0.15, -0.1) is 0 Å². The molecule has 0 spiro atoms. The molecule has 96 valence electrons. The van der Waals surface area contributed by atoms with Crippen LogP contribution >= 0.6 is 0 Å². The summed E-state index contributed by atoms with van der Waals surface area (Å²) >= 11 is 0. The molecule has 0 aromatic carbocycles. The van der Waals surface area contributed by atoms with Crippen molar-refractivity contribution in [1.29, 1.82) is 0 Å². The van der Waals surface area contributed by atoms with Crippen LogP contribution in [0.2, 0.25) is 0 Å². The second-order valence-electron chi connectivity index (χ2n) is 5.26. The minimum absolute atomic E-state index is 0.0121. The Morgan fingerprint density at radius 3 is 2.88 bits per heavy atom. The molecule has 17 heavy (non-hydrogen) atoms. The molecule has 2 aliphatic rings. The SMILES string of the molecule is CC1CC(NC(=O)C2CNC(=O)C2)CCN1C. The van der Waals surface area contributed by atoms with E-state index < -0.39 is 0 Å². The molecule has 0 aromatic heterocycles. The molecular formula is C12H21N3O2. The molecule has 2 rings (SSSR count). The van der Waals surface area contributed by atoms with Gasteiger partial charge in [0.05, 0.1) is 5.92 Å². The summed E-state index contributed by atoms with van der Waals surface area (Å²) in [5, 5.41) is 5.77. The molecule has 0 aromatic rings. The minimum atomic E-state index is -0.169. The normalized spacial score (nSPS) is 34.5. The highest BCUT2D eigenvalue weighted by Crippen LogP contribution is 2.17. The highest BCUT2D eigenvalue weighted by Gasteiger charge is 2.30. The van der Waals surface area contributed by atoms with Crippen LogP contribution in [0.25, 0.3) is 0 Å². The third-order valence-electron chi connectivity index (χ3n) is 3.90. The first-order valence-electron chi connectivity index (χ1n) is 6.33. The van der Waals surface area contributed by atoms with E-state index >= 15 is 0 Å². The smallest absolute Gasteiger partial charge is 0.225 e. The number of carbonyl (C=O) groups is 2. The molecule has 2 aliphatic heterocycles. The van der Waals surface area contributed by atoms with Gasteiger partial charge in [-0.2, -0.15) is 0 Å². The van der Waals surface area contributed by atoms with Crippen molar-refractivity contribution in [1.82, 2.24) is 15.5 Å². The highest BCUT2D eigenvalue weighted by atomic mass is 16.2. The van der Waals surface area contributed by atoms with Crippen LogP contribution in [0.3, 0.4) is 0 Å². The molecule has 2 saturated heterocycles. The molecule has 3 unspecified atom stereocenters. The van der Waals surface area contributed by atoms with Crippen molar-refractivity contribution >= 4 is 11.8 Å². The number of hydrogen-bond donors (Lipinski definition) is 2. The van der Waals surface area contributed by atoms with Crippen LogP contribution in [0, 0.1) is 5.92 Å². The van der Waals surface area contributed by atoms with Gasteiger partial charge < -0.3 is 15.5 Å². The van der Waals surface area contributed by atoms with E-state index in [9.17, 15) is 9.59 Å². The molecule has 0 aliphatic carbocycles. The lowest BCUT2D eigenvalue weighted by atomic mass is 9.98. The quantitative estimate of drug-likeness (QED) is 0.697. The number of amides is 2. The molecule has 0 radical (unpaired) electrons. The number of carbonyl (C=O) groups excluding carboxylic acids is 2. The minimum Gasteiger partial charge on any atom is -0.355 e. The number of nitrogens with zero attached hydrogens (tertiary/aromatic N) is 1. The largest absolute Gasteiger partial charge is 0.355 e. The Balaban J connectivity index is 1.81. The van der Waals surface area contributed by atoms with Crippen LogP contribution in [-0.4, -0.2) is 48.9 Å². The molecule has 0 saturated carbocycles. The van der Waals surface area contributed by atoms with Crippen LogP contribution in [0.1, 0.15) is 26.2 Å². The number of likely N-dealkylation sites (tertiary alicyclic amines) is 1. The maximum absolute atomic E-state index is 11.9. The van der Waals surface area contributed by atoms with Crippen LogP contribution < -0.4 is 10.6 Å². The van der Waals surface area contributed by atoms with Crippen molar-refractivity contribution in [3.63, 3.8) is 0 Å². The Labute approximate surface area is 102 Å². The average molecular weight is 239 g/mol. The fourth-order valence-electron chi connectivity index (χ4n) is 2.53. The van der Waals surface area contributed by atoms with Gasteiger partial charge in [0.15, 0.2) is 0 Å². The summed E-state index contributed by atoms with van der Waals surface area (Å²) in [7, 11) is 2.11. The van der Waals surface area contributed by atoms with Crippen molar-refractivity contribution in [3.8, 4) is 0 Å². The summed E-state index contributed by atoms with van der Waals surface area (Å²) in [5.74, 6) is -0.149. The van der Waals surface area contributed by atoms with Gasteiger partial charge in [0.2, 0.25) is 11.8 Å². The Hall–Kier alpha value is -1.10. The summed E-state index contributed by atoms with van der Waals surface area (Å²) in [6, 6.07) is 0.779. The lowest BCUT2D eigenvalue weighted by Crippen LogP contribution is -2.48. The van der Waals surface area contributed by atoms with Crippen LogP contribution in [0.15, 0.2) is 0 Å². The molecule has 5 heteroatoms.